The van der Waals surface area contributed by atoms with Crippen LogP contribution < -0.4 is 9.64 Å². The summed E-state index contributed by atoms with van der Waals surface area (Å²) < 4.78 is 5.45. The molecule has 1 unspecified atom stereocenters. The van der Waals surface area contributed by atoms with E-state index in [0.29, 0.717) is 31.4 Å². The molecule has 0 spiro atoms. The van der Waals surface area contributed by atoms with Gasteiger partial charge < -0.3 is 14.7 Å². The number of carbonyl (C=O) groups is 1. The quantitative estimate of drug-likeness (QED) is 0.774. The first-order valence-corrected chi connectivity index (χ1v) is 6.51. The number of hydrogen-bond acceptors (Lipinski definition) is 5. The second kappa shape index (κ2) is 7.56. The molecule has 1 aromatic rings. The summed E-state index contributed by atoms with van der Waals surface area (Å²) in [5.41, 5.74) is 0. The number of rotatable bonds is 8. The van der Waals surface area contributed by atoms with Crippen molar-refractivity contribution in [2.75, 3.05) is 24.6 Å². The Bertz CT molecular complexity index is 412. The Balaban J connectivity index is 2.77. The lowest BCUT2D eigenvalue weighted by Crippen LogP contribution is -2.32. The first kappa shape index (κ1) is 15.2. The number of hydrogen-bond donors (Lipinski definition) is 1. The molecule has 0 aliphatic rings. The molecule has 0 amide bonds. The highest BCUT2D eigenvalue weighted by atomic mass is 16.5. The van der Waals surface area contributed by atoms with E-state index in [1.807, 2.05) is 18.7 Å². The van der Waals surface area contributed by atoms with Crippen molar-refractivity contribution < 1.29 is 14.6 Å². The van der Waals surface area contributed by atoms with Crippen LogP contribution in [-0.2, 0) is 4.79 Å². The van der Waals surface area contributed by atoms with Crippen LogP contribution in [0.2, 0.25) is 0 Å². The van der Waals surface area contributed by atoms with E-state index in [9.17, 15) is 4.79 Å². The molecule has 106 valence electrons. The molecule has 6 heteroatoms. The summed E-state index contributed by atoms with van der Waals surface area (Å²) in [7, 11) is 0. The van der Waals surface area contributed by atoms with Gasteiger partial charge in [0.15, 0.2) is 0 Å². The van der Waals surface area contributed by atoms with E-state index >= 15 is 0 Å². The number of carboxylic acid groups (broad SMARTS) is 1. The molecule has 1 atom stereocenters. The Morgan fingerprint density at radius 2 is 2.21 bits per heavy atom. The summed E-state index contributed by atoms with van der Waals surface area (Å²) in [5, 5.41) is 8.96. The van der Waals surface area contributed by atoms with E-state index in [2.05, 4.69) is 9.97 Å². The second-order valence-electron chi connectivity index (χ2n) is 4.34. The van der Waals surface area contributed by atoms with Gasteiger partial charge in [0.25, 0.3) is 0 Å². The molecule has 1 heterocycles. The molecule has 1 aromatic heterocycles. The molecule has 0 saturated carbocycles. The first-order chi connectivity index (χ1) is 9.08. The largest absolute Gasteiger partial charge is 0.481 e. The third-order valence-electron chi connectivity index (χ3n) is 2.70. The van der Waals surface area contributed by atoms with Gasteiger partial charge in [0.1, 0.15) is 12.1 Å². The van der Waals surface area contributed by atoms with Crippen molar-refractivity contribution >= 4 is 11.8 Å². The zero-order valence-electron chi connectivity index (χ0n) is 11.7. The summed E-state index contributed by atoms with van der Waals surface area (Å²) >= 11 is 0. The zero-order valence-corrected chi connectivity index (χ0v) is 11.7. The monoisotopic (exact) mass is 267 g/mol. The van der Waals surface area contributed by atoms with Crippen LogP contribution in [0.4, 0.5) is 5.82 Å². The minimum atomic E-state index is -0.810. The highest BCUT2D eigenvalue weighted by molar-refractivity contribution is 5.70. The first-order valence-electron chi connectivity index (χ1n) is 6.51. The lowest BCUT2D eigenvalue weighted by molar-refractivity contribution is -0.140. The van der Waals surface area contributed by atoms with Gasteiger partial charge in [0, 0.05) is 19.2 Å². The molecule has 19 heavy (non-hydrogen) atoms. The standard InChI is InChI=1S/C13H21N3O3/c1-4-6-19-12-7-11(14-9-15-12)16(5-2)8-10(3)13(17)18/h7,9-10H,4-6,8H2,1-3H3,(H,17,18). The Labute approximate surface area is 113 Å². The van der Waals surface area contributed by atoms with E-state index in [4.69, 9.17) is 9.84 Å². The van der Waals surface area contributed by atoms with Gasteiger partial charge in [-0.15, -0.1) is 0 Å². The lowest BCUT2D eigenvalue weighted by Gasteiger charge is -2.23. The van der Waals surface area contributed by atoms with Gasteiger partial charge >= 0.3 is 5.97 Å². The van der Waals surface area contributed by atoms with Gasteiger partial charge in [-0.3, -0.25) is 4.79 Å². The Morgan fingerprint density at radius 3 is 2.79 bits per heavy atom. The topological polar surface area (TPSA) is 75.5 Å². The number of nitrogens with zero attached hydrogens (tertiary/aromatic N) is 3. The van der Waals surface area contributed by atoms with E-state index in [-0.39, 0.29) is 0 Å². The SMILES string of the molecule is CCCOc1cc(N(CC)CC(C)C(=O)O)ncn1. The predicted octanol–water partition coefficient (Wildman–Crippen LogP) is 1.81. The molecule has 0 aromatic carbocycles. The van der Waals surface area contributed by atoms with Crippen LogP contribution in [0.15, 0.2) is 12.4 Å². The van der Waals surface area contributed by atoms with Crippen LogP contribution >= 0.6 is 0 Å². The summed E-state index contributed by atoms with van der Waals surface area (Å²) in [6.45, 7) is 7.37. The minimum absolute atomic E-state index is 0.413. The van der Waals surface area contributed by atoms with Gasteiger partial charge in [0.05, 0.1) is 12.5 Å². The van der Waals surface area contributed by atoms with Crippen LogP contribution in [0.25, 0.3) is 0 Å². The number of ether oxygens (including phenoxy) is 1. The van der Waals surface area contributed by atoms with Crippen LogP contribution in [0.3, 0.4) is 0 Å². The fourth-order valence-electron chi connectivity index (χ4n) is 1.58. The Kier molecular flexibility index (Phi) is 6.05. The maximum Gasteiger partial charge on any atom is 0.308 e. The molecule has 1 rings (SSSR count). The number of carboxylic acids is 1. The van der Waals surface area contributed by atoms with Crippen molar-refractivity contribution in [2.45, 2.75) is 27.2 Å². The fourth-order valence-corrected chi connectivity index (χ4v) is 1.58. The molecule has 0 aliphatic heterocycles. The van der Waals surface area contributed by atoms with Crippen LogP contribution in [-0.4, -0.2) is 40.7 Å². The summed E-state index contributed by atoms with van der Waals surface area (Å²) in [4.78, 5) is 21.0. The maximum atomic E-state index is 10.9. The molecule has 0 saturated heterocycles. The Morgan fingerprint density at radius 1 is 1.47 bits per heavy atom. The van der Waals surface area contributed by atoms with E-state index < -0.39 is 11.9 Å². The highest BCUT2D eigenvalue weighted by Gasteiger charge is 2.16. The molecule has 0 aliphatic carbocycles. The lowest BCUT2D eigenvalue weighted by atomic mass is 10.1. The molecule has 1 N–H and O–H groups in total. The second-order valence-corrected chi connectivity index (χ2v) is 4.34. The summed E-state index contributed by atoms with van der Waals surface area (Å²) in [5.74, 6) is -0.0464. The number of aromatic nitrogens is 2. The van der Waals surface area contributed by atoms with E-state index in [1.54, 1.807) is 13.0 Å². The average molecular weight is 267 g/mol. The predicted molar refractivity (Wildman–Crippen MR) is 72.5 cm³/mol. The van der Waals surface area contributed by atoms with E-state index in [0.717, 1.165) is 6.42 Å². The van der Waals surface area contributed by atoms with Crippen molar-refractivity contribution in [3.8, 4) is 5.88 Å². The molecule has 0 bridgehead atoms. The smallest absolute Gasteiger partial charge is 0.308 e. The van der Waals surface area contributed by atoms with Gasteiger partial charge in [-0.25, -0.2) is 9.97 Å². The highest BCUT2D eigenvalue weighted by Crippen LogP contribution is 2.17. The van der Waals surface area contributed by atoms with Gasteiger partial charge in [-0.05, 0) is 13.3 Å². The third-order valence-corrected chi connectivity index (χ3v) is 2.70. The van der Waals surface area contributed by atoms with Gasteiger partial charge in [-0.1, -0.05) is 13.8 Å². The summed E-state index contributed by atoms with van der Waals surface area (Å²) in [6, 6.07) is 1.74. The molecule has 0 fully saturated rings. The fraction of sp³-hybridized carbons (Fsp3) is 0.615. The average Bonchev–Trinajstić information content (AvgIpc) is 2.42. The van der Waals surface area contributed by atoms with Crippen LogP contribution in [0.5, 0.6) is 5.88 Å². The normalized spacial score (nSPS) is 11.9. The Hall–Kier alpha value is -1.85. The number of aliphatic carboxylic acids is 1. The van der Waals surface area contributed by atoms with Gasteiger partial charge in [0.2, 0.25) is 5.88 Å². The third kappa shape index (κ3) is 4.73. The van der Waals surface area contributed by atoms with Gasteiger partial charge in [-0.2, -0.15) is 0 Å². The van der Waals surface area contributed by atoms with Crippen molar-refractivity contribution in [1.29, 1.82) is 0 Å². The molecular formula is C13H21N3O3. The van der Waals surface area contributed by atoms with E-state index in [1.165, 1.54) is 6.33 Å². The summed E-state index contributed by atoms with van der Waals surface area (Å²) in [6.07, 6.45) is 2.35. The number of anilines is 1. The minimum Gasteiger partial charge on any atom is -0.481 e. The van der Waals surface area contributed by atoms with Crippen molar-refractivity contribution in [2.24, 2.45) is 5.92 Å². The van der Waals surface area contributed by atoms with Crippen LogP contribution in [0, 0.1) is 5.92 Å². The molecule has 6 nitrogen and oxygen atoms in total. The van der Waals surface area contributed by atoms with Crippen molar-refractivity contribution in [3.05, 3.63) is 12.4 Å². The zero-order chi connectivity index (χ0) is 14.3. The molecule has 0 radical (unpaired) electrons. The van der Waals surface area contributed by atoms with Crippen molar-refractivity contribution in [3.63, 3.8) is 0 Å². The van der Waals surface area contributed by atoms with Crippen molar-refractivity contribution in [1.82, 2.24) is 9.97 Å². The molecular weight excluding hydrogens is 246 g/mol. The van der Waals surface area contributed by atoms with Crippen LogP contribution in [0.1, 0.15) is 27.2 Å². The maximum absolute atomic E-state index is 10.9.